The van der Waals surface area contributed by atoms with Gasteiger partial charge in [-0.3, -0.25) is 0 Å². The van der Waals surface area contributed by atoms with Gasteiger partial charge in [0, 0.05) is 6.04 Å². The molecule has 0 amide bonds. The van der Waals surface area contributed by atoms with Crippen molar-refractivity contribution in [2.24, 2.45) is 23.0 Å². The number of nitrogens with two attached hydrogens (primary N) is 1. The highest BCUT2D eigenvalue weighted by Gasteiger charge is 2.53. The van der Waals surface area contributed by atoms with Crippen LogP contribution in [-0.2, 0) is 0 Å². The molecule has 10 heavy (non-hydrogen) atoms. The van der Waals surface area contributed by atoms with Gasteiger partial charge in [0.15, 0.2) is 0 Å². The summed E-state index contributed by atoms with van der Waals surface area (Å²) in [5.74, 6) is 1.58. The Bertz CT molecular complexity index is 129. The summed E-state index contributed by atoms with van der Waals surface area (Å²) < 4.78 is 0. The van der Waals surface area contributed by atoms with Crippen LogP contribution in [0.1, 0.15) is 34.1 Å². The second kappa shape index (κ2) is 2.23. The minimum atomic E-state index is 0.396. The van der Waals surface area contributed by atoms with Crippen molar-refractivity contribution in [1.29, 1.82) is 0 Å². The van der Waals surface area contributed by atoms with Gasteiger partial charge in [-0.2, -0.15) is 0 Å². The SMILES string of the molecule is CC(N)C1CC1(C)C(C)C. The first kappa shape index (κ1) is 8.06. The Labute approximate surface area is 64.0 Å². The van der Waals surface area contributed by atoms with Crippen LogP contribution < -0.4 is 5.73 Å². The van der Waals surface area contributed by atoms with Crippen molar-refractivity contribution in [1.82, 2.24) is 0 Å². The Morgan fingerprint density at radius 3 is 2.00 bits per heavy atom. The summed E-state index contributed by atoms with van der Waals surface area (Å²) in [7, 11) is 0. The lowest BCUT2D eigenvalue weighted by atomic mass is 9.90. The van der Waals surface area contributed by atoms with E-state index in [-0.39, 0.29) is 0 Å². The highest BCUT2D eigenvalue weighted by Crippen LogP contribution is 2.58. The minimum Gasteiger partial charge on any atom is -0.328 e. The summed E-state index contributed by atoms with van der Waals surface area (Å²) in [6.07, 6.45) is 1.34. The summed E-state index contributed by atoms with van der Waals surface area (Å²) in [4.78, 5) is 0. The maximum absolute atomic E-state index is 5.81. The van der Waals surface area contributed by atoms with Gasteiger partial charge in [-0.25, -0.2) is 0 Å². The van der Waals surface area contributed by atoms with Crippen LogP contribution in [0.2, 0.25) is 0 Å². The third-order valence-corrected chi connectivity index (χ3v) is 3.30. The molecule has 2 N–H and O–H groups in total. The fourth-order valence-electron chi connectivity index (χ4n) is 1.87. The van der Waals surface area contributed by atoms with Gasteiger partial charge in [0.05, 0.1) is 0 Å². The van der Waals surface area contributed by atoms with Crippen molar-refractivity contribution in [3.8, 4) is 0 Å². The molecule has 0 heterocycles. The molecule has 0 spiro atoms. The topological polar surface area (TPSA) is 26.0 Å². The summed E-state index contributed by atoms with van der Waals surface area (Å²) >= 11 is 0. The average molecular weight is 141 g/mol. The van der Waals surface area contributed by atoms with E-state index in [0.717, 1.165) is 11.8 Å². The van der Waals surface area contributed by atoms with Gasteiger partial charge in [-0.15, -0.1) is 0 Å². The lowest BCUT2D eigenvalue weighted by Crippen LogP contribution is -2.23. The Hall–Kier alpha value is -0.0400. The van der Waals surface area contributed by atoms with Crippen molar-refractivity contribution < 1.29 is 0 Å². The molecule has 0 radical (unpaired) electrons. The maximum atomic E-state index is 5.81. The van der Waals surface area contributed by atoms with E-state index in [1.54, 1.807) is 0 Å². The molecule has 3 atom stereocenters. The Morgan fingerprint density at radius 1 is 1.40 bits per heavy atom. The fourth-order valence-corrected chi connectivity index (χ4v) is 1.87. The van der Waals surface area contributed by atoms with Gasteiger partial charge in [0.1, 0.15) is 0 Å². The van der Waals surface area contributed by atoms with Gasteiger partial charge in [-0.1, -0.05) is 20.8 Å². The van der Waals surface area contributed by atoms with E-state index in [9.17, 15) is 0 Å². The normalized spacial score (nSPS) is 42.0. The molecule has 0 saturated heterocycles. The first-order valence-electron chi connectivity index (χ1n) is 4.24. The molecule has 0 aromatic heterocycles. The number of rotatable bonds is 2. The molecule has 0 aromatic rings. The van der Waals surface area contributed by atoms with Crippen LogP contribution in [0.3, 0.4) is 0 Å². The Kier molecular flexibility index (Phi) is 1.80. The van der Waals surface area contributed by atoms with Crippen molar-refractivity contribution in [2.45, 2.75) is 40.2 Å². The predicted octanol–water partition coefficient (Wildman–Crippen LogP) is 2.02. The summed E-state index contributed by atoms with van der Waals surface area (Å²) in [6, 6.07) is 0.396. The van der Waals surface area contributed by atoms with Gasteiger partial charge < -0.3 is 5.73 Å². The van der Waals surface area contributed by atoms with Crippen LogP contribution in [0.4, 0.5) is 0 Å². The lowest BCUT2D eigenvalue weighted by Gasteiger charge is -2.17. The first-order valence-corrected chi connectivity index (χ1v) is 4.24. The summed E-state index contributed by atoms with van der Waals surface area (Å²) in [5, 5.41) is 0. The van der Waals surface area contributed by atoms with Crippen LogP contribution in [0.15, 0.2) is 0 Å². The first-order chi connectivity index (χ1) is 4.48. The van der Waals surface area contributed by atoms with E-state index in [1.165, 1.54) is 6.42 Å². The minimum absolute atomic E-state index is 0.396. The van der Waals surface area contributed by atoms with Gasteiger partial charge in [0.2, 0.25) is 0 Å². The molecule has 0 bridgehead atoms. The van der Waals surface area contributed by atoms with Crippen molar-refractivity contribution in [3.63, 3.8) is 0 Å². The van der Waals surface area contributed by atoms with Gasteiger partial charge in [0.25, 0.3) is 0 Å². The summed E-state index contributed by atoms with van der Waals surface area (Å²) in [6.45, 7) is 9.06. The maximum Gasteiger partial charge on any atom is 0.00442 e. The molecule has 1 saturated carbocycles. The van der Waals surface area contributed by atoms with Gasteiger partial charge >= 0.3 is 0 Å². The molecule has 1 rings (SSSR count). The van der Waals surface area contributed by atoms with Crippen molar-refractivity contribution in [3.05, 3.63) is 0 Å². The Morgan fingerprint density at radius 2 is 1.90 bits per heavy atom. The summed E-state index contributed by atoms with van der Waals surface area (Å²) in [5.41, 5.74) is 6.37. The smallest absolute Gasteiger partial charge is 0.00442 e. The zero-order valence-corrected chi connectivity index (χ0v) is 7.52. The highest BCUT2D eigenvalue weighted by molar-refractivity contribution is 5.03. The quantitative estimate of drug-likeness (QED) is 0.625. The lowest BCUT2D eigenvalue weighted by molar-refractivity contribution is 0.341. The largest absolute Gasteiger partial charge is 0.328 e. The van der Waals surface area contributed by atoms with Crippen molar-refractivity contribution in [2.75, 3.05) is 0 Å². The van der Waals surface area contributed by atoms with E-state index >= 15 is 0 Å². The molecule has 1 fully saturated rings. The van der Waals surface area contributed by atoms with E-state index < -0.39 is 0 Å². The van der Waals surface area contributed by atoms with Crippen LogP contribution in [0, 0.1) is 17.3 Å². The zero-order chi connectivity index (χ0) is 7.94. The second-order valence-electron chi connectivity index (χ2n) is 4.33. The van der Waals surface area contributed by atoms with E-state index in [2.05, 4.69) is 27.7 Å². The monoisotopic (exact) mass is 141 g/mol. The third-order valence-electron chi connectivity index (χ3n) is 3.30. The molecule has 0 aliphatic heterocycles. The highest BCUT2D eigenvalue weighted by atomic mass is 14.7. The van der Waals surface area contributed by atoms with Crippen LogP contribution in [0.25, 0.3) is 0 Å². The fraction of sp³-hybridized carbons (Fsp3) is 1.00. The molecule has 3 unspecified atom stereocenters. The molecule has 0 aromatic carbocycles. The second-order valence-corrected chi connectivity index (χ2v) is 4.33. The molecule has 1 heteroatoms. The standard InChI is InChI=1S/C9H19N/c1-6(2)9(4)5-8(9)7(3)10/h6-8H,5,10H2,1-4H3. The Balaban J connectivity index is 2.48. The average Bonchev–Trinajstić information content (AvgIpc) is 2.43. The third kappa shape index (κ3) is 1.07. The van der Waals surface area contributed by atoms with E-state index in [0.29, 0.717) is 11.5 Å². The molecular formula is C9H19N. The number of hydrogen-bond acceptors (Lipinski definition) is 1. The van der Waals surface area contributed by atoms with Crippen molar-refractivity contribution >= 4 is 0 Å². The molecule has 60 valence electrons. The van der Waals surface area contributed by atoms with Crippen LogP contribution in [-0.4, -0.2) is 6.04 Å². The van der Waals surface area contributed by atoms with Crippen LogP contribution >= 0.6 is 0 Å². The van der Waals surface area contributed by atoms with Crippen LogP contribution in [0.5, 0.6) is 0 Å². The van der Waals surface area contributed by atoms with E-state index in [4.69, 9.17) is 5.73 Å². The number of hydrogen-bond donors (Lipinski definition) is 1. The van der Waals surface area contributed by atoms with E-state index in [1.807, 2.05) is 0 Å². The molecule has 1 aliphatic carbocycles. The molecular weight excluding hydrogens is 122 g/mol. The predicted molar refractivity (Wildman–Crippen MR) is 44.7 cm³/mol. The molecule has 1 nitrogen and oxygen atoms in total. The molecule has 1 aliphatic rings. The zero-order valence-electron chi connectivity index (χ0n) is 7.52. The van der Waals surface area contributed by atoms with Gasteiger partial charge in [-0.05, 0) is 30.6 Å².